The lowest BCUT2D eigenvalue weighted by Crippen LogP contribution is -2.23. The molecule has 1 amide bonds. The fourth-order valence-electron chi connectivity index (χ4n) is 3.74. The number of halogens is 1. The van der Waals surface area contributed by atoms with Crippen LogP contribution in [0.15, 0.2) is 77.9 Å². The summed E-state index contributed by atoms with van der Waals surface area (Å²) in [6, 6.07) is 21.2. The van der Waals surface area contributed by atoms with E-state index < -0.39 is 5.91 Å². The van der Waals surface area contributed by atoms with Crippen LogP contribution < -0.4 is 11.1 Å². The van der Waals surface area contributed by atoms with Crippen molar-refractivity contribution in [3.8, 4) is 0 Å². The molecule has 3 aromatic carbocycles. The lowest BCUT2D eigenvalue weighted by molar-refractivity contribution is 0.0953. The molecule has 7 nitrogen and oxygen atoms in total. The van der Waals surface area contributed by atoms with E-state index in [2.05, 4.69) is 20.4 Å². The molecule has 0 bridgehead atoms. The van der Waals surface area contributed by atoms with Gasteiger partial charge in [-0.25, -0.2) is 14.4 Å². The number of carbonyl (C=O) groups is 1. The number of anilines is 1. The minimum Gasteiger partial charge on any atom is -0.383 e. The van der Waals surface area contributed by atoms with Gasteiger partial charge in [-0.15, -0.1) is 0 Å². The number of nitrogen functional groups attached to an aromatic ring is 1. The van der Waals surface area contributed by atoms with Crippen molar-refractivity contribution in [1.29, 1.82) is 0 Å². The molecule has 0 spiro atoms. The Morgan fingerprint density at radius 1 is 1.06 bits per heavy atom. The predicted octanol–water partition coefficient (Wildman–Crippen LogP) is 4.43. The van der Waals surface area contributed by atoms with E-state index in [1.54, 1.807) is 18.3 Å². The highest BCUT2D eigenvalue weighted by Gasteiger charge is 2.24. The lowest BCUT2D eigenvalue weighted by atomic mass is 10.2. The molecule has 0 aliphatic rings. The zero-order valence-electron chi connectivity index (χ0n) is 18.4. The van der Waals surface area contributed by atoms with Crippen molar-refractivity contribution in [3.63, 3.8) is 0 Å². The van der Waals surface area contributed by atoms with E-state index in [0.29, 0.717) is 22.2 Å². The number of aryl methyl sites for hydroxylation is 1. The third-order valence-corrected chi connectivity index (χ3v) is 5.43. The predicted molar refractivity (Wildman–Crippen MR) is 131 cm³/mol. The molecule has 2 heterocycles. The Morgan fingerprint density at radius 3 is 2.53 bits per heavy atom. The van der Waals surface area contributed by atoms with Crippen molar-refractivity contribution in [3.05, 3.63) is 101 Å². The van der Waals surface area contributed by atoms with Gasteiger partial charge in [-0.3, -0.25) is 4.79 Å². The number of carbonyl (C=O) groups excluding carboxylic acids is 1. The first-order chi connectivity index (χ1) is 16.5. The maximum Gasteiger partial charge on any atom is 0.257 e. The largest absolute Gasteiger partial charge is 0.383 e. The number of nitrogens with two attached hydrogens (primary N) is 1. The van der Waals surface area contributed by atoms with Crippen molar-refractivity contribution < 1.29 is 9.18 Å². The van der Waals surface area contributed by atoms with Crippen LogP contribution in [0.3, 0.4) is 0 Å². The molecule has 3 N–H and O–H groups in total. The molecule has 0 radical (unpaired) electrons. The molecule has 2 aromatic heterocycles. The van der Waals surface area contributed by atoms with Crippen LogP contribution in [0.2, 0.25) is 0 Å². The summed E-state index contributed by atoms with van der Waals surface area (Å²) in [5.41, 5.74) is 11.4. The van der Waals surface area contributed by atoms with Crippen molar-refractivity contribution >= 4 is 40.1 Å². The Labute approximate surface area is 194 Å². The number of amides is 1. The fourth-order valence-corrected chi connectivity index (χ4v) is 3.74. The number of fused-ring (bicyclic) bond motifs is 2. The zero-order chi connectivity index (χ0) is 23.7. The first-order valence-electron chi connectivity index (χ1n) is 10.7. The molecule has 0 unspecified atom stereocenters. The SMILES string of the molecule is Cc1cccc(C=Nn2c(N)c(C(=O)NCc3ccc(F)cc3)c3nc4ccccc4nc32)c1. The summed E-state index contributed by atoms with van der Waals surface area (Å²) in [4.78, 5) is 22.5. The quantitative estimate of drug-likeness (QED) is 0.386. The Balaban J connectivity index is 1.58. The molecule has 5 aromatic rings. The van der Waals surface area contributed by atoms with Crippen molar-refractivity contribution in [2.45, 2.75) is 13.5 Å². The van der Waals surface area contributed by atoms with Gasteiger partial charge in [-0.2, -0.15) is 9.78 Å². The molecule has 8 heteroatoms. The average Bonchev–Trinajstić information content (AvgIpc) is 3.10. The van der Waals surface area contributed by atoms with E-state index >= 15 is 0 Å². The van der Waals surface area contributed by atoms with Crippen LogP contribution in [0.1, 0.15) is 27.0 Å². The number of nitrogens with zero attached hydrogens (tertiary/aromatic N) is 4. The topological polar surface area (TPSA) is 98.2 Å². The second-order valence-electron chi connectivity index (χ2n) is 7.92. The Kier molecular flexibility index (Phi) is 5.47. The highest BCUT2D eigenvalue weighted by atomic mass is 19.1. The molecule has 168 valence electrons. The summed E-state index contributed by atoms with van der Waals surface area (Å²) < 4.78 is 14.6. The Bertz CT molecular complexity index is 1560. The van der Waals surface area contributed by atoms with E-state index in [0.717, 1.165) is 16.7 Å². The average molecular weight is 452 g/mol. The summed E-state index contributed by atoms with van der Waals surface area (Å²) in [6.07, 6.45) is 1.67. The van der Waals surface area contributed by atoms with Crippen LogP contribution in [0.25, 0.3) is 22.2 Å². The van der Waals surface area contributed by atoms with Gasteiger partial charge in [0.1, 0.15) is 22.7 Å². The number of benzene rings is 3. The highest BCUT2D eigenvalue weighted by Crippen LogP contribution is 2.28. The monoisotopic (exact) mass is 452 g/mol. The van der Waals surface area contributed by atoms with Gasteiger partial charge < -0.3 is 11.1 Å². The first-order valence-corrected chi connectivity index (χ1v) is 10.7. The molecular formula is C26H21FN6O. The van der Waals surface area contributed by atoms with Crippen molar-refractivity contribution in [2.24, 2.45) is 5.10 Å². The van der Waals surface area contributed by atoms with Gasteiger partial charge in [0.25, 0.3) is 5.91 Å². The number of aromatic nitrogens is 3. The van der Waals surface area contributed by atoms with E-state index in [-0.39, 0.29) is 23.7 Å². The second kappa shape index (κ2) is 8.74. The van der Waals surface area contributed by atoms with Crippen LogP contribution in [-0.2, 0) is 6.54 Å². The minimum atomic E-state index is -0.416. The molecule has 0 aliphatic heterocycles. The number of rotatable bonds is 5. The number of para-hydroxylation sites is 2. The fraction of sp³-hybridized carbons (Fsp3) is 0.0769. The summed E-state index contributed by atoms with van der Waals surface area (Å²) in [5.74, 6) is -0.622. The zero-order valence-corrected chi connectivity index (χ0v) is 18.4. The highest BCUT2D eigenvalue weighted by molar-refractivity contribution is 6.10. The molecule has 0 atom stereocenters. The van der Waals surface area contributed by atoms with Crippen LogP contribution in [-0.4, -0.2) is 26.8 Å². The van der Waals surface area contributed by atoms with E-state index in [1.807, 2.05) is 55.5 Å². The van der Waals surface area contributed by atoms with Crippen molar-refractivity contribution in [2.75, 3.05) is 5.73 Å². The summed E-state index contributed by atoms with van der Waals surface area (Å²) in [7, 11) is 0. The smallest absolute Gasteiger partial charge is 0.257 e. The third kappa shape index (κ3) is 4.09. The molecule has 0 aliphatic carbocycles. The summed E-state index contributed by atoms with van der Waals surface area (Å²) in [6.45, 7) is 2.21. The molecule has 0 saturated carbocycles. The summed E-state index contributed by atoms with van der Waals surface area (Å²) in [5, 5.41) is 7.36. The van der Waals surface area contributed by atoms with E-state index in [4.69, 9.17) is 5.73 Å². The molecule has 0 saturated heterocycles. The third-order valence-electron chi connectivity index (χ3n) is 5.43. The van der Waals surface area contributed by atoms with Gasteiger partial charge in [-0.05, 0) is 42.3 Å². The molecule has 0 fully saturated rings. The van der Waals surface area contributed by atoms with Gasteiger partial charge in [-0.1, -0.05) is 54.1 Å². The number of hydrogen-bond donors (Lipinski definition) is 2. The maximum atomic E-state index is 13.2. The van der Waals surface area contributed by atoms with Crippen LogP contribution in [0, 0.1) is 12.7 Å². The summed E-state index contributed by atoms with van der Waals surface area (Å²) >= 11 is 0. The van der Waals surface area contributed by atoms with E-state index in [9.17, 15) is 9.18 Å². The van der Waals surface area contributed by atoms with Crippen LogP contribution >= 0.6 is 0 Å². The first kappa shape index (κ1) is 21.3. The normalized spacial score (nSPS) is 11.5. The minimum absolute atomic E-state index is 0.130. The molecule has 5 rings (SSSR count). The Hall–Kier alpha value is -4.59. The lowest BCUT2D eigenvalue weighted by Gasteiger charge is -2.06. The Morgan fingerprint density at radius 2 is 1.79 bits per heavy atom. The standard InChI is InChI=1S/C26H21FN6O/c1-16-5-4-6-18(13-16)15-30-33-24(28)22(26(34)29-14-17-9-11-19(27)12-10-17)23-25(33)32-21-8-3-2-7-20(21)31-23/h2-13,15H,14,28H2,1H3,(H,29,34). The van der Waals surface area contributed by atoms with Gasteiger partial charge in [0, 0.05) is 6.54 Å². The maximum absolute atomic E-state index is 13.2. The van der Waals surface area contributed by atoms with Gasteiger partial charge >= 0.3 is 0 Å². The van der Waals surface area contributed by atoms with Crippen LogP contribution in [0.4, 0.5) is 10.2 Å². The van der Waals surface area contributed by atoms with Gasteiger partial charge in [0.15, 0.2) is 5.65 Å². The number of nitrogens with one attached hydrogen (secondary N) is 1. The second-order valence-corrected chi connectivity index (χ2v) is 7.92. The molecule has 34 heavy (non-hydrogen) atoms. The number of hydrogen-bond acceptors (Lipinski definition) is 5. The van der Waals surface area contributed by atoms with E-state index in [1.165, 1.54) is 16.8 Å². The van der Waals surface area contributed by atoms with Crippen molar-refractivity contribution in [1.82, 2.24) is 20.0 Å². The van der Waals surface area contributed by atoms with Gasteiger partial charge in [0.05, 0.1) is 17.2 Å². The van der Waals surface area contributed by atoms with Crippen LogP contribution in [0.5, 0.6) is 0 Å². The molecular weight excluding hydrogens is 431 g/mol. The van der Waals surface area contributed by atoms with Gasteiger partial charge in [0.2, 0.25) is 0 Å².